The molecule has 0 bridgehead atoms. The molecule has 1 saturated heterocycles. The molecule has 2 aromatic rings. The minimum Gasteiger partial charge on any atom is -0.342 e. The Morgan fingerprint density at radius 1 is 1.00 bits per heavy atom. The van der Waals surface area contributed by atoms with E-state index in [0.29, 0.717) is 41.5 Å². The van der Waals surface area contributed by atoms with E-state index >= 15 is 0 Å². The standard InChI is InChI=1S/C19H20Cl2N2O3S/c20-17-7-4-8-18(21)16(17)13-19(24)23-11-9-14(10-12-23)22-27(25,26)15-5-2-1-3-6-15/h1-8,14,22H,9-13H2. The average Bonchev–Trinajstić information content (AvgIpc) is 2.66. The van der Waals surface area contributed by atoms with Crippen LogP contribution in [0.2, 0.25) is 10.0 Å². The summed E-state index contributed by atoms with van der Waals surface area (Å²) in [6, 6.07) is 13.2. The SMILES string of the molecule is O=C(Cc1c(Cl)cccc1Cl)N1CCC(NS(=O)(=O)c2ccccc2)CC1. The average molecular weight is 427 g/mol. The number of sulfonamides is 1. The fourth-order valence-corrected chi connectivity index (χ4v) is 4.96. The maximum absolute atomic E-state index is 12.6. The third-order valence-corrected chi connectivity index (χ3v) is 6.86. The lowest BCUT2D eigenvalue weighted by molar-refractivity contribution is -0.131. The predicted octanol–water partition coefficient (Wildman–Crippen LogP) is 3.51. The molecule has 8 heteroatoms. The van der Waals surface area contributed by atoms with Crippen LogP contribution in [0.5, 0.6) is 0 Å². The second kappa shape index (κ2) is 8.61. The third kappa shape index (κ3) is 5.02. The van der Waals surface area contributed by atoms with E-state index in [0.717, 1.165) is 0 Å². The monoisotopic (exact) mass is 426 g/mol. The van der Waals surface area contributed by atoms with Gasteiger partial charge >= 0.3 is 0 Å². The molecule has 1 amide bonds. The lowest BCUT2D eigenvalue weighted by Crippen LogP contribution is -2.46. The fourth-order valence-electron chi connectivity index (χ4n) is 3.10. The highest BCUT2D eigenvalue weighted by atomic mass is 35.5. The quantitative estimate of drug-likeness (QED) is 0.795. The van der Waals surface area contributed by atoms with E-state index in [2.05, 4.69) is 4.72 Å². The second-order valence-corrected chi connectivity index (χ2v) is 8.99. The van der Waals surface area contributed by atoms with Crippen LogP contribution in [0.3, 0.4) is 0 Å². The summed E-state index contributed by atoms with van der Waals surface area (Å²) in [5.41, 5.74) is 0.623. The number of benzene rings is 2. The molecule has 1 heterocycles. The topological polar surface area (TPSA) is 66.5 Å². The molecule has 0 unspecified atom stereocenters. The van der Waals surface area contributed by atoms with Gasteiger partial charge in [-0.15, -0.1) is 0 Å². The van der Waals surface area contributed by atoms with Gasteiger partial charge in [0.2, 0.25) is 15.9 Å². The number of nitrogens with zero attached hydrogens (tertiary/aromatic N) is 1. The van der Waals surface area contributed by atoms with Crippen LogP contribution in [0.25, 0.3) is 0 Å². The molecule has 0 atom stereocenters. The first-order valence-electron chi connectivity index (χ1n) is 8.65. The zero-order chi connectivity index (χ0) is 19.4. The Hall–Kier alpha value is -1.60. The number of nitrogens with one attached hydrogen (secondary N) is 1. The van der Waals surface area contributed by atoms with E-state index in [1.807, 2.05) is 0 Å². The Balaban J connectivity index is 1.56. The molecule has 27 heavy (non-hydrogen) atoms. The fraction of sp³-hybridized carbons (Fsp3) is 0.316. The highest BCUT2D eigenvalue weighted by molar-refractivity contribution is 7.89. The zero-order valence-corrected chi connectivity index (χ0v) is 16.9. The summed E-state index contributed by atoms with van der Waals surface area (Å²) in [6.07, 6.45) is 1.26. The van der Waals surface area contributed by atoms with Crippen LogP contribution < -0.4 is 4.72 Å². The molecule has 2 aromatic carbocycles. The highest BCUT2D eigenvalue weighted by Crippen LogP contribution is 2.25. The van der Waals surface area contributed by atoms with Crippen LogP contribution in [-0.2, 0) is 21.2 Å². The van der Waals surface area contributed by atoms with Crippen LogP contribution in [0.1, 0.15) is 18.4 Å². The summed E-state index contributed by atoms with van der Waals surface area (Å²) in [5.74, 6) is -0.0608. The number of carbonyl (C=O) groups is 1. The number of hydrogen-bond acceptors (Lipinski definition) is 3. The van der Waals surface area contributed by atoms with Gasteiger partial charge < -0.3 is 4.90 Å². The predicted molar refractivity (Wildman–Crippen MR) is 107 cm³/mol. The largest absolute Gasteiger partial charge is 0.342 e. The molecule has 1 N–H and O–H groups in total. The first-order valence-corrected chi connectivity index (χ1v) is 10.9. The molecular weight excluding hydrogens is 407 g/mol. The van der Waals surface area contributed by atoms with Crippen molar-refractivity contribution in [2.24, 2.45) is 0 Å². The van der Waals surface area contributed by atoms with Crippen LogP contribution in [0.4, 0.5) is 0 Å². The molecule has 0 radical (unpaired) electrons. The van der Waals surface area contributed by atoms with Gasteiger partial charge in [0.1, 0.15) is 0 Å². The van der Waals surface area contributed by atoms with Crippen molar-refractivity contribution in [3.8, 4) is 0 Å². The summed E-state index contributed by atoms with van der Waals surface area (Å²) in [7, 11) is -3.55. The van der Waals surface area contributed by atoms with Gasteiger partial charge in [0.05, 0.1) is 11.3 Å². The number of rotatable bonds is 5. The van der Waals surface area contributed by atoms with Crippen molar-refractivity contribution in [3.63, 3.8) is 0 Å². The van der Waals surface area contributed by atoms with E-state index in [4.69, 9.17) is 23.2 Å². The summed E-state index contributed by atoms with van der Waals surface area (Å²) >= 11 is 12.3. The molecule has 1 aliphatic rings. The summed E-state index contributed by atoms with van der Waals surface area (Å²) in [5, 5.41) is 0.947. The number of amides is 1. The van der Waals surface area contributed by atoms with Gasteiger partial charge in [-0.3, -0.25) is 4.79 Å². The number of hydrogen-bond donors (Lipinski definition) is 1. The minimum absolute atomic E-state index is 0.0608. The van der Waals surface area contributed by atoms with Gasteiger partial charge in [0, 0.05) is 29.2 Å². The summed E-state index contributed by atoms with van der Waals surface area (Å²) < 4.78 is 27.6. The van der Waals surface area contributed by atoms with Crippen molar-refractivity contribution in [1.82, 2.24) is 9.62 Å². The van der Waals surface area contributed by atoms with Gasteiger partial charge in [-0.05, 0) is 42.7 Å². The van der Waals surface area contributed by atoms with Crippen LogP contribution >= 0.6 is 23.2 Å². The van der Waals surface area contributed by atoms with Gasteiger partial charge in [0.25, 0.3) is 0 Å². The highest BCUT2D eigenvalue weighted by Gasteiger charge is 2.27. The number of piperidine rings is 1. The van der Waals surface area contributed by atoms with Crippen molar-refractivity contribution in [1.29, 1.82) is 0 Å². The first-order chi connectivity index (χ1) is 12.9. The second-order valence-electron chi connectivity index (χ2n) is 6.47. The summed E-state index contributed by atoms with van der Waals surface area (Å²) in [4.78, 5) is 14.5. The molecule has 1 fully saturated rings. The Morgan fingerprint density at radius 2 is 1.59 bits per heavy atom. The molecule has 144 valence electrons. The molecule has 0 saturated carbocycles. The molecular formula is C19H20Cl2N2O3S. The van der Waals surface area contributed by atoms with E-state index in [1.165, 1.54) is 0 Å². The van der Waals surface area contributed by atoms with Crippen molar-refractivity contribution in [2.75, 3.05) is 13.1 Å². The van der Waals surface area contributed by atoms with Gasteiger partial charge in [0.15, 0.2) is 0 Å². The Morgan fingerprint density at radius 3 is 2.19 bits per heavy atom. The number of likely N-dealkylation sites (tertiary alicyclic amines) is 1. The van der Waals surface area contributed by atoms with Crippen molar-refractivity contribution < 1.29 is 13.2 Å². The smallest absolute Gasteiger partial charge is 0.240 e. The van der Waals surface area contributed by atoms with E-state index in [9.17, 15) is 13.2 Å². The van der Waals surface area contributed by atoms with Crippen molar-refractivity contribution >= 4 is 39.1 Å². The molecule has 5 nitrogen and oxygen atoms in total. The Bertz CT molecular complexity index is 892. The van der Waals surface area contributed by atoms with Crippen molar-refractivity contribution in [2.45, 2.75) is 30.2 Å². The summed E-state index contributed by atoms with van der Waals surface area (Å²) in [6.45, 7) is 0.978. The zero-order valence-electron chi connectivity index (χ0n) is 14.6. The maximum atomic E-state index is 12.6. The van der Waals surface area contributed by atoms with Crippen LogP contribution in [0.15, 0.2) is 53.4 Å². The Kier molecular flexibility index (Phi) is 6.42. The lowest BCUT2D eigenvalue weighted by atomic mass is 10.0. The van der Waals surface area contributed by atoms with Crippen molar-refractivity contribution in [3.05, 3.63) is 64.1 Å². The first kappa shape index (κ1) is 20.1. The maximum Gasteiger partial charge on any atom is 0.240 e. The molecule has 0 aromatic heterocycles. The minimum atomic E-state index is -3.55. The lowest BCUT2D eigenvalue weighted by Gasteiger charge is -2.32. The van der Waals surface area contributed by atoms with Gasteiger partial charge in [-0.1, -0.05) is 47.5 Å². The van der Waals surface area contributed by atoms with E-state index < -0.39 is 10.0 Å². The van der Waals surface area contributed by atoms with Crippen LogP contribution in [-0.4, -0.2) is 38.4 Å². The molecule has 3 rings (SSSR count). The third-order valence-electron chi connectivity index (χ3n) is 4.61. The van der Waals surface area contributed by atoms with Gasteiger partial charge in [-0.25, -0.2) is 13.1 Å². The van der Waals surface area contributed by atoms with E-state index in [-0.39, 0.29) is 23.3 Å². The Labute approximate surface area is 169 Å². The molecule has 1 aliphatic heterocycles. The molecule has 0 spiro atoms. The van der Waals surface area contributed by atoms with Gasteiger partial charge in [-0.2, -0.15) is 0 Å². The van der Waals surface area contributed by atoms with Crippen LogP contribution in [0, 0.1) is 0 Å². The number of carbonyl (C=O) groups excluding carboxylic acids is 1. The molecule has 0 aliphatic carbocycles. The number of halogens is 2. The van der Waals surface area contributed by atoms with E-state index in [1.54, 1.807) is 53.4 Å². The normalized spacial score (nSPS) is 15.7.